The highest BCUT2D eigenvalue weighted by Gasteiger charge is 2.04. The molecule has 0 spiro atoms. The van der Waals surface area contributed by atoms with Crippen LogP contribution < -0.4 is 11.5 Å². The Kier molecular flexibility index (Phi) is 4.85. The zero-order chi connectivity index (χ0) is 18.5. The Hall–Kier alpha value is -3.80. The highest BCUT2D eigenvalue weighted by atomic mass is 16.4. The van der Waals surface area contributed by atoms with E-state index in [0.29, 0.717) is 11.1 Å². The maximum Gasteiger partial charge on any atom is 0.170 e. The average molecular weight is 346 g/mol. The molecule has 0 unspecified atom stereocenters. The lowest BCUT2D eigenvalue weighted by Crippen LogP contribution is -2.12. The predicted molar refractivity (Wildman–Crippen MR) is 102 cm³/mol. The zero-order valence-electron chi connectivity index (χ0n) is 13.9. The summed E-state index contributed by atoms with van der Waals surface area (Å²) in [7, 11) is 0. The maximum absolute atomic E-state index is 8.71. The number of nitrogens with two attached hydrogens (primary N) is 2. The van der Waals surface area contributed by atoms with Gasteiger partial charge in [0.1, 0.15) is 0 Å². The summed E-state index contributed by atoms with van der Waals surface area (Å²) in [5, 5.41) is 23.4. The van der Waals surface area contributed by atoms with Crippen LogP contribution in [0.1, 0.15) is 11.1 Å². The van der Waals surface area contributed by atoms with Crippen LogP contribution in [0.25, 0.3) is 22.3 Å². The number of rotatable bonds is 4. The minimum atomic E-state index is 0.0854. The molecule has 0 aliphatic heterocycles. The Morgan fingerprint density at radius 1 is 0.500 bits per heavy atom. The molecule has 3 rings (SSSR count). The van der Waals surface area contributed by atoms with E-state index in [0.717, 1.165) is 22.3 Å². The molecule has 0 radical (unpaired) electrons. The third kappa shape index (κ3) is 3.49. The fourth-order valence-corrected chi connectivity index (χ4v) is 2.64. The number of nitrogens with zero attached hydrogens (tertiary/aromatic N) is 2. The molecular formula is C20H18N4O2. The summed E-state index contributed by atoms with van der Waals surface area (Å²) in [6.45, 7) is 0. The van der Waals surface area contributed by atoms with Gasteiger partial charge in [-0.25, -0.2) is 0 Å². The maximum atomic E-state index is 8.71. The Balaban J connectivity index is 1.82. The van der Waals surface area contributed by atoms with Crippen molar-refractivity contribution in [1.82, 2.24) is 0 Å². The van der Waals surface area contributed by atoms with Crippen LogP contribution in [0.15, 0.2) is 83.1 Å². The van der Waals surface area contributed by atoms with Crippen molar-refractivity contribution in [2.45, 2.75) is 0 Å². The second-order valence-corrected chi connectivity index (χ2v) is 5.70. The van der Waals surface area contributed by atoms with E-state index < -0.39 is 0 Å². The molecule has 130 valence electrons. The van der Waals surface area contributed by atoms with Gasteiger partial charge in [-0.3, -0.25) is 0 Å². The van der Waals surface area contributed by atoms with Gasteiger partial charge in [-0.2, -0.15) is 0 Å². The van der Waals surface area contributed by atoms with E-state index in [1.807, 2.05) is 72.8 Å². The van der Waals surface area contributed by atoms with Gasteiger partial charge in [0.2, 0.25) is 0 Å². The molecule has 0 saturated carbocycles. The Bertz CT molecular complexity index is 864. The molecule has 0 saturated heterocycles. The van der Waals surface area contributed by atoms with Crippen molar-refractivity contribution in [3.8, 4) is 22.3 Å². The first-order chi connectivity index (χ1) is 12.6. The van der Waals surface area contributed by atoms with Crippen molar-refractivity contribution < 1.29 is 10.4 Å². The number of benzene rings is 3. The van der Waals surface area contributed by atoms with Crippen molar-refractivity contribution in [2.24, 2.45) is 21.8 Å². The van der Waals surface area contributed by atoms with E-state index in [2.05, 4.69) is 10.3 Å². The lowest BCUT2D eigenvalue weighted by Gasteiger charge is -2.07. The standard InChI is InChI=1S/C20H18N4O2/c21-19(23-25)17-9-5-15(6-10-17)13-1-2-14(4-3-13)16-7-11-18(12-8-16)20(22)24-26/h1-12,25-26H,(H2,21,23)(H2,22,24). The fraction of sp³-hybridized carbons (Fsp3) is 0. The van der Waals surface area contributed by atoms with Crippen LogP contribution in [0.4, 0.5) is 0 Å². The van der Waals surface area contributed by atoms with E-state index >= 15 is 0 Å². The molecule has 6 N–H and O–H groups in total. The van der Waals surface area contributed by atoms with Gasteiger partial charge < -0.3 is 21.9 Å². The van der Waals surface area contributed by atoms with Gasteiger partial charge in [-0.15, -0.1) is 0 Å². The van der Waals surface area contributed by atoms with Crippen molar-refractivity contribution >= 4 is 11.7 Å². The smallest absolute Gasteiger partial charge is 0.170 e. The van der Waals surface area contributed by atoms with E-state index in [4.69, 9.17) is 21.9 Å². The first-order valence-corrected chi connectivity index (χ1v) is 7.89. The third-order valence-electron chi connectivity index (χ3n) is 4.13. The SMILES string of the molecule is N/C(=N\O)c1ccc(-c2ccc(-c3ccc(/C(N)=N/O)cc3)cc2)cc1. The van der Waals surface area contributed by atoms with Gasteiger partial charge in [-0.1, -0.05) is 83.1 Å². The topological polar surface area (TPSA) is 117 Å². The molecule has 3 aromatic carbocycles. The fourth-order valence-electron chi connectivity index (χ4n) is 2.64. The average Bonchev–Trinajstić information content (AvgIpc) is 2.73. The van der Waals surface area contributed by atoms with Gasteiger partial charge in [0.25, 0.3) is 0 Å². The molecule has 0 fully saturated rings. The summed E-state index contributed by atoms with van der Waals surface area (Å²) < 4.78 is 0. The first kappa shape index (κ1) is 17.0. The van der Waals surface area contributed by atoms with Crippen LogP contribution in [0, 0.1) is 0 Å². The van der Waals surface area contributed by atoms with Gasteiger partial charge >= 0.3 is 0 Å². The van der Waals surface area contributed by atoms with Crippen LogP contribution in [0.5, 0.6) is 0 Å². The van der Waals surface area contributed by atoms with Crippen LogP contribution in [-0.4, -0.2) is 22.1 Å². The van der Waals surface area contributed by atoms with E-state index in [1.54, 1.807) is 0 Å². The number of oxime groups is 2. The summed E-state index contributed by atoms with van der Waals surface area (Å²) in [6.07, 6.45) is 0. The van der Waals surface area contributed by atoms with Crippen molar-refractivity contribution in [3.63, 3.8) is 0 Å². The molecule has 3 aromatic rings. The molecule has 0 heterocycles. The molecule has 0 amide bonds. The second kappa shape index (κ2) is 7.40. The van der Waals surface area contributed by atoms with Crippen LogP contribution in [0.3, 0.4) is 0 Å². The summed E-state index contributed by atoms with van der Waals surface area (Å²) in [5.74, 6) is 0.171. The Morgan fingerprint density at radius 3 is 0.962 bits per heavy atom. The number of amidine groups is 2. The first-order valence-electron chi connectivity index (χ1n) is 7.89. The molecule has 0 aliphatic rings. The summed E-state index contributed by atoms with van der Waals surface area (Å²) in [5.41, 5.74) is 16.7. The molecule has 26 heavy (non-hydrogen) atoms. The minimum absolute atomic E-state index is 0.0854. The monoisotopic (exact) mass is 346 g/mol. The predicted octanol–water partition coefficient (Wildman–Crippen LogP) is 3.21. The van der Waals surface area contributed by atoms with E-state index in [-0.39, 0.29) is 11.7 Å². The zero-order valence-corrected chi connectivity index (χ0v) is 13.9. The Labute approximate surface area is 150 Å². The Morgan fingerprint density at radius 2 is 0.731 bits per heavy atom. The van der Waals surface area contributed by atoms with Gasteiger partial charge in [-0.05, 0) is 22.3 Å². The van der Waals surface area contributed by atoms with E-state index in [1.165, 1.54) is 0 Å². The van der Waals surface area contributed by atoms with Gasteiger partial charge in [0.15, 0.2) is 11.7 Å². The van der Waals surface area contributed by atoms with Gasteiger partial charge in [0, 0.05) is 11.1 Å². The van der Waals surface area contributed by atoms with Crippen LogP contribution in [-0.2, 0) is 0 Å². The molecule has 0 atom stereocenters. The van der Waals surface area contributed by atoms with Gasteiger partial charge in [0.05, 0.1) is 0 Å². The molecule has 6 heteroatoms. The van der Waals surface area contributed by atoms with Crippen molar-refractivity contribution in [3.05, 3.63) is 83.9 Å². The summed E-state index contributed by atoms with van der Waals surface area (Å²) in [6, 6.07) is 23.1. The molecule has 0 bridgehead atoms. The minimum Gasteiger partial charge on any atom is -0.409 e. The number of hydrogen-bond donors (Lipinski definition) is 4. The third-order valence-corrected chi connectivity index (χ3v) is 4.13. The lowest BCUT2D eigenvalue weighted by molar-refractivity contribution is 0.318. The molecule has 0 aromatic heterocycles. The van der Waals surface area contributed by atoms with Crippen LogP contribution in [0.2, 0.25) is 0 Å². The van der Waals surface area contributed by atoms with Crippen molar-refractivity contribution in [2.75, 3.05) is 0 Å². The highest BCUT2D eigenvalue weighted by molar-refractivity contribution is 5.98. The quantitative estimate of drug-likeness (QED) is 0.251. The lowest BCUT2D eigenvalue weighted by atomic mass is 9.99. The largest absolute Gasteiger partial charge is 0.409 e. The molecule has 0 aliphatic carbocycles. The number of hydrogen-bond acceptors (Lipinski definition) is 4. The second-order valence-electron chi connectivity index (χ2n) is 5.70. The van der Waals surface area contributed by atoms with Crippen LogP contribution >= 0.6 is 0 Å². The summed E-state index contributed by atoms with van der Waals surface area (Å²) in [4.78, 5) is 0. The van der Waals surface area contributed by atoms with E-state index in [9.17, 15) is 0 Å². The van der Waals surface area contributed by atoms with Crippen molar-refractivity contribution in [1.29, 1.82) is 0 Å². The summed E-state index contributed by atoms with van der Waals surface area (Å²) >= 11 is 0. The molecule has 6 nitrogen and oxygen atoms in total. The normalized spacial score (nSPS) is 12.2. The highest BCUT2D eigenvalue weighted by Crippen LogP contribution is 2.25. The molecular weight excluding hydrogens is 328 g/mol.